The number of ether oxygens (including phenoxy) is 1. The molecule has 3 rings (SSSR count). The molecule has 0 bridgehead atoms. The topological polar surface area (TPSA) is 109 Å². The number of benzene rings is 1. The van der Waals surface area contributed by atoms with Crippen LogP contribution < -0.4 is 26.4 Å². The monoisotopic (exact) mass is 519 g/mol. The summed E-state index contributed by atoms with van der Waals surface area (Å²) in [5.74, 6) is -1.74. The van der Waals surface area contributed by atoms with Gasteiger partial charge in [0.2, 0.25) is 5.91 Å². The minimum Gasteiger partial charge on any atom is -0.406 e. The second-order valence-corrected chi connectivity index (χ2v) is 8.94. The Morgan fingerprint density at radius 3 is 2.84 bits per heavy atom. The summed E-state index contributed by atoms with van der Waals surface area (Å²) in [5, 5.41) is 8.51. The Hall–Kier alpha value is -3.73. The number of anilines is 1. The van der Waals surface area contributed by atoms with E-state index in [1.807, 2.05) is 0 Å². The number of nitrogens with zero attached hydrogens (tertiary/aromatic N) is 1. The fourth-order valence-electron chi connectivity index (χ4n) is 4.28. The van der Waals surface area contributed by atoms with Crippen molar-refractivity contribution in [2.24, 2.45) is 0 Å². The van der Waals surface area contributed by atoms with Crippen LogP contribution in [0.5, 0.6) is 5.75 Å². The normalized spacial score (nSPS) is 18.2. The molecule has 11 heteroatoms. The smallest absolute Gasteiger partial charge is 0.406 e. The molecule has 5 N–H and O–H groups in total. The molecule has 1 unspecified atom stereocenters. The van der Waals surface area contributed by atoms with Gasteiger partial charge in [0.25, 0.3) is 5.91 Å². The second-order valence-electron chi connectivity index (χ2n) is 8.94. The molecule has 0 aromatic heterocycles. The molecule has 1 aliphatic heterocycles. The zero-order valence-electron chi connectivity index (χ0n) is 20.7. The maximum absolute atomic E-state index is 12.4. The van der Waals surface area contributed by atoms with E-state index < -0.39 is 23.9 Å². The van der Waals surface area contributed by atoms with Gasteiger partial charge in [-0.3, -0.25) is 9.59 Å². The highest BCUT2D eigenvalue weighted by atomic mass is 19.4. The summed E-state index contributed by atoms with van der Waals surface area (Å²) in [4.78, 5) is 27.0. The van der Waals surface area contributed by atoms with E-state index in [2.05, 4.69) is 57.3 Å². The number of carbonyl (C=O) groups is 2. The summed E-state index contributed by atoms with van der Waals surface area (Å²) in [6.45, 7) is 7.84. The molecule has 8 nitrogen and oxygen atoms in total. The van der Waals surface area contributed by atoms with Crippen LogP contribution in [-0.2, 0) is 4.79 Å². The molecular weight excluding hydrogens is 487 g/mol. The van der Waals surface area contributed by atoms with Crippen molar-refractivity contribution in [2.75, 3.05) is 31.9 Å². The predicted octanol–water partition coefficient (Wildman–Crippen LogP) is 3.37. The van der Waals surface area contributed by atoms with Crippen LogP contribution >= 0.6 is 0 Å². The molecule has 1 atom stereocenters. The van der Waals surface area contributed by atoms with E-state index in [1.54, 1.807) is 6.20 Å². The number of nitrogen functional groups attached to an aromatic ring is 1. The Labute approximate surface area is 214 Å². The Balaban J connectivity index is 1.46. The molecule has 1 fully saturated rings. The van der Waals surface area contributed by atoms with Crippen LogP contribution in [0.15, 0.2) is 66.0 Å². The number of nitrogens with two attached hydrogens (primary N) is 1. The Kier molecular flexibility index (Phi) is 9.40. The maximum Gasteiger partial charge on any atom is 0.573 e. The van der Waals surface area contributed by atoms with Crippen LogP contribution in [0.4, 0.5) is 18.9 Å². The van der Waals surface area contributed by atoms with E-state index in [4.69, 9.17) is 5.73 Å². The highest BCUT2D eigenvalue weighted by molar-refractivity contribution is 6.01. The van der Waals surface area contributed by atoms with Crippen LogP contribution in [-0.4, -0.2) is 55.3 Å². The molecule has 0 radical (unpaired) electrons. The molecule has 1 aliphatic carbocycles. The largest absolute Gasteiger partial charge is 0.573 e. The summed E-state index contributed by atoms with van der Waals surface area (Å²) in [5.41, 5.74) is 8.98. The SMILES string of the molecule is C=CNC1=C(CCN2CCC(NC(=O)CNC(=O)c3cc(OC(F)(F)F)ccc3N)C2)CC=CC(C)=C1. The van der Waals surface area contributed by atoms with Crippen molar-refractivity contribution in [3.63, 3.8) is 0 Å². The van der Waals surface area contributed by atoms with Gasteiger partial charge in [0.15, 0.2) is 0 Å². The number of rotatable bonds is 10. The highest BCUT2D eigenvalue weighted by Gasteiger charge is 2.31. The Bertz CT molecular complexity index is 1110. The molecule has 1 aromatic rings. The minimum atomic E-state index is -4.90. The van der Waals surface area contributed by atoms with Gasteiger partial charge < -0.3 is 31.3 Å². The van der Waals surface area contributed by atoms with Crippen LogP contribution in [0, 0.1) is 0 Å². The van der Waals surface area contributed by atoms with E-state index in [0.717, 1.165) is 56.2 Å². The molecule has 37 heavy (non-hydrogen) atoms. The summed E-state index contributed by atoms with van der Waals surface area (Å²) in [7, 11) is 0. The van der Waals surface area contributed by atoms with Gasteiger partial charge in [-0.1, -0.05) is 18.7 Å². The minimum absolute atomic E-state index is 0.0322. The molecule has 1 heterocycles. The van der Waals surface area contributed by atoms with Gasteiger partial charge in [-0.25, -0.2) is 0 Å². The lowest BCUT2D eigenvalue weighted by molar-refractivity contribution is -0.274. The van der Waals surface area contributed by atoms with Crippen molar-refractivity contribution < 1.29 is 27.5 Å². The Morgan fingerprint density at radius 2 is 2.11 bits per heavy atom. The average Bonchev–Trinajstić information content (AvgIpc) is 3.18. The summed E-state index contributed by atoms with van der Waals surface area (Å²) < 4.78 is 41.2. The van der Waals surface area contributed by atoms with Crippen molar-refractivity contribution in [3.8, 4) is 5.75 Å². The number of halogens is 3. The number of hydrogen-bond donors (Lipinski definition) is 4. The van der Waals surface area contributed by atoms with Gasteiger partial charge >= 0.3 is 6.36 Å². The number of amides is 2. The highest BCUT2D eigenvalue weighted by Crippen LogP contribution is 2.26. The molecule has 0 saturated carbocycles. The first-order chi connectivity index (χ1) is 17.5. The van der Waals surface area contributed by atoms with Crippen molar-refractivity contribution in [2.45, 2.75) is 38.6 Å². The summed E-state index contributed by atoms with van der Waals surface area (Å²) in [6, 6.07) is 2.97. The van der Waals surface area contributed by atoms with Crippen LogP contribution in [0.25, 0.3) is 0 Å². The quantitative estimate of drug-likeness (QED) is 0.353. The number of alkyl halides is 3. The van der Waals surface area contributed by atoms with Crippen molar-refractivity contribution in [1.82, 2.24) is 20.9 Å². The molecular formula is C26H32F3N5O3. The number of allylic oxidation sites excluding steroid dienone is 4. The van der Waals surface area contributed by atoms with Crippen molar-refractivity contribution >= 4 is 17.5 Å². The average molecular weight is 520 g/mol. The van der Waals surface area contributed by atoms with E-state index in [-0.39, 0.29) is 23.8 Å². The first kappa shape index (κ1) is 27.9. The van der Waals surface area contributed by atoms with E-state index >= 15 is 0 Å². The number of nitrogens with one attached hydrogen (secondary N) is 3. The van der Waals surface area contributed by atoms with Gasteiger partial charge in [0, 0.05) is 37.1 Å². The van der Waals surface area contributed by atoms with Crippen molar-refractivity contribution in [3.05, 3.63) is 71.6 Å². The summed E-state index contributed by atoms with van der Waals surface area (Å²) >= 11 is 0. The lowest BCUT2D eigenvalue weighted by atomic mass is 10.1. The van der Waals surface area contributed by atoms with Gasteiger partial charge in [-0.15, -0.1) is 13.2 Å². The predicted molar refractivity (Wildman–Crippen MR) is 135 cm³/mol. The van der Waals surface area contributed by atoms with Gasteiger partial charge in [-0.2, -0.15) is 0 Å². The molecule has 1 aromatic carbocycles. The maximum atomic E-state index is 12.4. The molecule has 2 amide bonds. The van der Waals surface area contributed by atoms with Crippen LogP contribution in [0.3, 0.4) is 0 Å². The zero-order chi connectivity index (χ0) is 27.0. The first-order valence-corrected chi connectivity index (χ1v) is 11.9. The summed E-state index contributed by atoms with van der Waals surface area (Å²) in [6.07, 6.45) is 5.63. The van der Waals surface area contributed by atoms with Gasteiger partial charge in [-0.05, 0) is 67.8 Å². The third-order valence-corrected chi connectivity index (χ3v) is 6.04. The number of likely N-dealkylation sites (tertiary alicyclic amines) is 1. The van der Waals surface area contributed by atoms with Gasteiger partial charge in [0.1, 0.15) is 5.75 Å². The second kappa shape index (κ2) is 12.5. The molecule has 2 aliphatic rings. The first-order valence-electron chi connectivity index (χ1n) is 11.9. The molecule has 0 spiro atoms. The van der Waals surface area contributed by atoms with Gasteiger partial charge in [0.05, 0.1) is 12.1 Å². The molecule has 1 saturated heterocycles. The lowest BCUT2D eigenvalue weighted by Crippen LogP contribution is -2.43. The Morgan fingerprint density at radius 1 is 1.32 bits per heavy atom. The van der Waals surface area contributed by atoms with Crippen molar-refractivity contribution in [1.29, 1.82) is 0 Å². The van der Waals surface area contributed by atoms with E-state index in [9.17, 15) is 22.8 Å². The third-order valence-electron chi connectivity index (χ3n) is 6.04. The zero-order valence-corrected chi connectivity index (χ0v) is 20.7. The van der Waals surface area contributed by atoms with Crippen LogP contribution in [0.1, 0.15) is 36.5 Å². The third kappa shape index (κ3) is 8.71. The number of hydrogen-bond acceptors (Lipinski definition) is 6. The lowest BCUT2D eigenvalue weighted by Gasteiger charge is -2.19. The fraction of sp³-hybridized carbons (Fsp3) is 0.385. The van der Waals surface area contributed by atoms with E-state index in [1.165, 1.54) is 11.1 Å². The standard InChI is InChI=1S/C26H32F3N5O3/c1-3-31-23-13-17(2)5-4-6-18(23)9-11-34-12-10-19(16-34)33-24(35)15-32-25(36)21-14-20(7-8-22(21)30)37-26(27,28)29/h3-5,7-8,13-14,19,31H,1,6,9-12,15-16,30H2,2H3,(H,32,36)(H,33,35). The fourth-order valence-corrected chi connectivity index (χ4v) is 4.28. The molecule has 200 valence electrons. The number of carbonyl (C=O) groups excluding carboxylic acids is 2. The van der Waals surface area contributed by atoms with Crippen LogP contribution in [0.2, 0.25) is 0 Å². The van der Waals surface area contributed by atoms with E-state index in [0.29, 0.717) is 6.54 Å².